The van der Waals surface area contributed by atoms with Crippen LogP contribution < -0.4 is 14.4 Å². The molecule has 4 aromatic rings. The van der Waals surface area contributed by atoms with Crippen molar-refractivity contribution >= 4 is 39.1 Å². The summed E-state index contributed by atoms with van der Waals surface area (Å²) in [5, 5.41) is 20.8. The van der Waals surface area contributed by atoms with E-state index in [0.29, 0.717) is 39.6 Å². The number of hydrogen-bond acceptors (Lipinski definition) is 9. The first-order chi connectivity index (χ1) is 18.4. The Kier molecular flexibility index (Phi) is 7.15. The third-order valence-electron chi connectivity index (χ3n) is 6.32. The second kappa shape index (κ2) is 10.7. The van der Waals surface area contributed by atoms with Crippen molar-refractivity contribution in [3.8, 4) is 11.5 Å². The standard InChI is InChI=1S/C28H27N3O6S/c1-4-5-6-13-36-19-11-7-9-17(14-19)23-22(25(33)27(34)31(23)28-30-29-16(2)38-28)24(32)21-15-18-10-8-12-20(35-3)26(18)37-21/h7-12,14-15,23,33H,4-6,13H2,1-3H3. The van der Waals surface area contributed by atoms with Crippen molar-refractivity contribution in [2.45, 2.75) is 39.2 Å². The molecular weight excluding hydrogens is 506 g/mol. The highest BCUT2D eigenvalue weighted by molar-refractivity contribution is 7.15. The largest absolute Gasteiger partial charge is 0.503 e. The normalized spacial score (nSPS) is 15.5. The molecule has 1 N–H and O–H groups in total. The van der Waals surface area contributed by atoms with Gasteiger partial charge in [-0.15, -0.1) is 10.2 Å². The van der Waals surface area contributed by atoms with Crippen LogP contribution >= 0.6 is 11.3 Å². The number of aliphatic hydroxyl groups is 1. The molecule has 38 heavy (non-hydrogen) atoms. The van der Waals surface area contributed by atoms with Gasteiger partial charge in [0.25, 0.3) is 5.91 Å². The zero-order valence-electron chi connectivity index (χ0n) is 21.3. The Morgan fingerprint density at radius 1 is 1.16 bits per heavy atom. The lowest BCUT2D eigenvalue weighted by Crippen LogP contribution is -2.31. The lowest BCUT2D eigenvalue weighted by Gasteiger charge is -2.24. The number of rotatable bonds is 10. The number of benzene rings is 2. The van der Waals surface area contributed by atoms with E-state index in [1.165, 1.54) is 23.3 Å². The van der Waals surface area contributed by atoms with Gasteiger partial charge in [-0.05, 0) is 43.2 Å². The molecule has 10 heteroatoms. The summed E-state index contributed by atoms with van der Waals surface area (Å²) in [7, 11) is 1.51. The van der Waals surface area contributed by atoms with E-state index in [-0.39, 0.29) is 16.5 Å². The van der Waals surface area contributed by atoms with E-state index >= 15 is 0 Å². The third kappa shape index (κ3) is 4.63. The molecule has 9 nitrogen and oxygen atoms in total. The number of carbonyl (C=O) groups excluding carboxylic acids is 2. The Morgan fingerprint density at radius 3 is 2.71 bits per heavy atom. The molecule has 0 saturated carbocycles. The number of anilines is 1. The average Bonchev–Trinajstić information content (AvgIpc) is 3.62. The molecule has 2 aromatic heterocycles. The minimum Gasteiger partial charge on any atom is -0.503 e. The number of ether oxygens (including phenoxy) is 2. The number of ketones is 1. The van der Waals surface area contributed by atoms with Gasteiger partial charge in [0.05, 0.1) is 25.3 Å². The number of hydrogen-bond donors (Lipinski definition) is 1. The van der Waals surface area contributed by atoms with Crippen molar-refractivity contribution in [2.24, 2.45) is 0 Å². The summed E-state index contributed by atoms with van der Waals surface area (Å²) in [6.45, 7) is 4.44. The predicted octanol–water partition coefficient (Wildman–Crippen LogP) is 5.95. The van der Waals surface area contributed by atoms with Gasteiger partial charge in [0, 0.05) is 5.39 Å². The van der Waals surface area contributed by atoms with Crippen molar-refractivity contribution in [3.63, 3.8) is 0 Å². The first-order valence-corrected chi connectivity index (χ1v) is 13.1. The van der Waals surface area contributed by atoms with Crippen molar-refractivity contribution in [2.75, 3.05) is 18.6 Å². The first kappa shape index (κ1) is 25.5. The van der Waals surface area contributed by atoms with E-state index in [0.717, 1.165) is 19.3 Å². The molecule has 0 radical (unpaired) electrons. The number of aryl methyl sites for hydroxylation is 1. The number of Topliss-reactive ketones (excluding diaryl/α,β-unsaturated/α-hetero) is 1. The van der Waals surface area contributed by atoms with Gasteiger partial charge in [-0.1, -0.05) is 55.4 Å². The fourth-order valence-corrected chi connectivity index (χ4v) is 5.21. The van der Waals surface area contributed by atoms with Crippen molar-refractivity contribution in [3.05, 3.63) is 76.2 Å². The summed E-state index contributed by atoms with van der Waals surface area (Å²) in [6, 6.07) is 13.1. The number of aliphatic hydroxyl groups excluding tert-OH is 1. The molecular formula is C28H27N3O6S. The Morgan fingerprint density at radius 2 is 1.97 bits per heavy atom. The number of amides is 1. The maximum absolute atomic E-state index is 13.9. The van der Waals surface area contributed by atoms with Crippen LogP contribution in [0.25, 0.3) is 11.0 Å². The molecule has 1 amide bonds. The van der Waals surface area contributed by atoms with Crippen LogP contribution in [0.4, 0.5) is 5.13 Å². The van der Waals surface area contributed by atoms with Gasteiger partial charge in [-0.25, -0.2) is 0 Å². The smallest absolute Gasteiger partial charge is 0.296 e. The first-order valence-electron chi connectivity index (χ1n) is 12.3. The minimum atomic E-state index is -0.961. The van der Waals surface area contributed by atoms with Crippen LogP contribution in [0, 0.1) is 6.92 Å². The Labute approximate surface area is 223 Å². The lowest BCUT2D eigenvalue weighted by atomic mass is 9.95. The molecule has 196 valence electrons. The number of aromatic nitrogens is 2. The number of carbonyl (C=O) groups is 2. The SMILES string of the molecule is CCCCCOc1cccc(C2C(C(=O)c3cc4cccc(OC)c4o3)=C(O)C(=O)N2c2nnc(C)s2)c1. The maximum Gasteiger partial charge on any atom is 0.296 e. The summed E-state index contributed by atoms with van der Waals surface area (Å²) < 4.78 is 17.2. The molecule has 0 bridgehead atoms. The van der Waals surface area contributed by atoms with E-state index in [1.807, 2.05) is 6.07 Å². The molecule has 0 saturated heterocycles. The van der Waals surface area contributed by atoms with E-state index in [1.54, 1.807) is 49.4 Å². The Hall–Kier alpha value is -4.18. The summed E-state index contributed by atoms with van der Waals surface area (Å²) in [6.07, 6.45) is 3.05. The summed E-state index contributed by atoms with van der Waals surface area (Å²) in [4.78, 5) is 28.5. The highest BCUT2D eigenvalue weighted by Crippen LogP contribution is 2.44. The Balaban J connectivity index is 1.58. The number of fused-ring (bicyclic) bond motifs is 1. The molecule has 1 aliphatic rings. The monoisotopic (exact) mass is 533 g/mol. The van der Waals surface area contributed by atoms with Crippen LogP contribution in [0.2, 0.25) is 0 Å². The van der Waals surface area contributed by atoms with Gasteiger partial charge in [0.2, 0.25) is 10.9 Å². The molecule has 3 heterocycles. The third-order valence-corrected chi connectivity index (χ3v) is 7.15. The van der Waals surface area contributed by atoms with E-state index in [2.05, 4.69) is 17.1 Å². The molecule has 0 aliphatic carbocycles. The fraction of sp³-hybridized carbons (Fsp3) is 0.286. The van der Waals surface area contributed by atoms with Crippen LogP contribution in [0.15, 0.2) is 64.3 Å². The second-order valence-corrected chi connectivity index (χ2v) is 10.1. The average molecular weight is 534 g/mol. The summed E-state index contributed by atoms with van der Waals surface area (Å²) in [5.41, 5.74) is 0.877. The molecule has 5 rings (SSSR count). The maximum atomic E-state index is 13.9. The summed E-state index contributed by atoms with van der Waals surface area (Å²) in [5.74, 6) is -0.959. The van der Waals surface area contributed by atoms with Crippen LogP contribution in [0.5, 0.6) is 11.5 Å². The van der Waals surface area contributed by atoms with Crippen molar-refractivity contribution in [1.29, 1.82) is 0 Å². The van der Waals surface area contributed by atoms with Crippen LogP contribution in [-0.2, 0) is 4.79 Å². The van der Waals surface area contributed by atoms with Crippen molar-refractivity contribution in [1.82, 2.24) is 10.2 Å². The van der Waals surface area contributed by atoms with Crippen molar-refractivity contribution < 1.29 is 28.6 Å². The highest BCUT2D eigenvalue weighted by atomic mass is 32.1. The van der Waals surface area contributed by atoms with Gasteiger partial charge in [-0.2, -0.15) is 0 Å². The zero-order chi connectivity index (χ0) is 26.8. The van der Waals surface area contributed by atoms with Gasteiger partial charge in [0.15, 0.2) is 22.9 Å². The van der Waals surface area contributed by atoms with E-state index in [9.17, 15) is 14.7 Å². The number of nitrogens with zero attached hydrogens (tertiary/aromatic N) is 3. The second-order valence-electron chi connectivity index (χ2n) is 8.89. The predicted molar refractivity (Wildman–Crippen MR) is 143 cm³/mol. The Bertz CT molecular complexity index is 1540. The molecule has 0 spiro atoms. The van der Waals surface area contributed by atoms with Crippen LogP contribution in [0.3, 0.4) is 0 Å². The number of unbranched alkanes of at least 4 members (excludes halogenated alkanes) is 2. The topological polar surface area (TPSA) is 115 Å². The van der Waals surface area contributed by atoms with Gasteiger partial charge < -0.3 is 19.0 Å². The van der Waals surface area contributed by atoms with Gasteiger partial charge >= 0.3 is 0 Å². The number of furan rings is 1. The van der Waals surface area contributed by atoms with Crippen LogP contribution in [-0.4, -0.2) is 40.7 Å². The molecule has 2 aromatic carbocycles. The number of para-hydroxylation sites is 1. The van der Waals surface area contributed by atoms with Gasteiger partial charge in [0.1, 0.15) is 10.8 Å². The van der Waals surface area contributed by atoms with E-state index in [4.69, 9.17) is 13.9 Å². The molecule has 1 unspecified atom stereocenters. The van der Waals surface area contributed by atoms with Gasteiger partial charge in [-0.3, -0.25) is 14.5 Å². The lowest BCUT2D eigenvalue weighted by molar-refractivity contribution is -0.117. The highest BCUT2D eigenvalue weighted by Gasteiger charge is 2.47. The zero-order valence-corrected chi connectivity index (χ0v) is 22.1. The molecule has 1 atom stereocenters. The number of methoxy groups -OCH3 is 1. The molecule has 0 fully saturated rings. The quantitative estimate of drug-likeness (QED) is 0.196. The minimum absolute atomic E-state index is 0.0221. The van der Waals surface area contributed by atoms with E-state index < -0.39 is 23.5 Å². The molecule has 1 aliphatic heterocycles. The fourth-order valence-electron chi connectivity index (χ4n) is 4.49. The van der Waals surface area contributed by atoms with Crippen LogP contribution in [0.1, 0.15) is 53.4 Å². The summed E-state index contributed by atoms with van der Waals surface area (Å²) >= 11 is 1.19.